The third kappa shape index (κ3) is 3.70. The number of hydrogen-bond acceptors (Lipinski definition) is 6. The summed E-state index contributed by atoms with van der Waals surface area (Å²) in [5.74, 6) is 1.91. The van der Waals surface area contributed by atoms with Crippen LogP contribution in [0.1, 0.15) is 40.7 Å². The fourth-order valence-corrected chi connectivity index (χ4v) is 4.26. The fraction of sp³-hybridized carbons (Fsp3) is 0.280. The molecule has 0 saturated carbocycles. The summed E-state index contributed by atoms with van der Waals surface area (Å²) in [6, 6.07) is 9.86. The average molecular weight is 428 g/mol. The second kappa shape index (κ2) is 8.07. The Morgan fingerprint density at radius 3 is 2.88 bits per heavy atom. The highest BCUT2D eigenvalue weighted by Crippen LogP contribution is 2.31. The standard InChI is InChI=1S/C25H25N5O2/c1-14-4-7-22-20(8-14)24(30-32-22)25(31)29-18-6-5-15(2)19(10-18)16-9-17-13-28-23(26-3)11-21(17)27-12-16/h5-6,9-14H,4,7-8H2,1-3H3,(H,26,28)(H,29,31). The number of hydrogen-bond donors (Lipinski definition) is 2. The van der Waals surface area contributed by atoms with Gasteiger partial charge in [0.05, 0.1) is 5.52 Å². The SMILES string of the molecule is CNc1cc2ncc(-c3cc(NC(=O)c4noc5c4CC(C)CC5)ccc3C)cc2cn1. The minimum atomic E-state index is -0.237. The molecule has 3 heterocycles. The number of rotatable bonds is 4. The van der Waals surface area contributed by atoms with Crippen LogP contribution in [-0.2, 0) is 12.8 Å². The van der Waals surface area contributed by atoms with E-state index >= 15 is 0 Å². The van der Waals surface area contributed by atoms with Crippen LogP contribution in [0.3, 0.4) is 0 Å². The van der Waals surface area contributed by atoms with Gasteiger partial charge >= 0.3 is 0 Å². The number of benzene rings is 1. The van der Waals surface area contributed by atoms with E-state index in [0.717, 1.165) is 64.0 Å². The van der Waals surface area contributed by atoms with Gasteiger partial charge in [0.2, 0.25) is 0 Å². The molecule has 1 aliphatic rings. The van der Waals surface area contributed by atoms with Crippen LogP contribution in [0.25, 0.3) is 22.0 Å². The third-order valence-electron chi connectivity index (χ3n) is 6.13. The molecule has 0 saturated heterocycles. The van der Waals surface area contributed by atoms with Crippen LogP contribution in [0.15, 0.2) is 47.2 Å². The lowest BCUT2D eigenvalue weighted by molar-refractivity contribution is 0.101. The highest BCUT2D eigenvalue weighted by atomic mass is 16.5. The smallest absolute Gasteiger partial charge is 0.278 e. The Hall–Kier alpha value is -3.74. The average Bonchev–Trinajstić information content (AvgIpc) is 3.22. The summed E-state index contributed by atoms with van der Waals surface area (Å²) in [7, 11) is 1.83. The lowest BCUT2D eigenvalue weighted by Crippen LogP contribution is -2.18. The monoisotopic (exact) mass is 427 g/mol. The molecule has 7 heteroatoms. The highest BCUT2D eigenvalue weighted by Gasteiger charge is 2.27. The fourth-order valence-electron chi connectivity index (χ4n) is 4.26. The summed E-state index contributed by atoms with van der Waals surface area (Å²) >= 11 is 0. The van der Waals surface area contributed by atoms with E-state index in [9.17, 15) is 4.79 Å². The largest absolute Gasteiger partial charge is 0.373 e. The topological polar surface area (TPSA) is 92.9 Å². The van der Waals surface area contributed by atoms with Crippen LogP contribution < -0.4 is 10.6 Å². The molecule has 1 amide bonds. The van der Waals surface area contributed by atoms with E-state index in [1.807, 2.05) is 50.6 Å². The van der Waals surface area contributed by atoms with Crippen molar-refractivity contribution in [3.63, 3.8) is 0 Å². The number of carbonyl (C=O) groups is 1. The van der Waals surface area contributed by atoms with Crippen molar-refractivity contribution in [1.29, 1.82) is 0 Å². The molecule has 0 radical (unpaired) electrons. The van der Waals surface area contributed by atoms with E-state index in [1.165, 1.54) is 0 Å². The molecule has 1 atom stereocenters. The zero-order valence-electron chi connectivity index (χ0n) is 18.4. The lowest BCUT2D eigenvalue weighted by Gasteiger charge is -2.16. The molecule has 2 N–H and O–H groups in total. The van der Waals surface area contributed by atoms with Gasteiger partial charge in [0.15, 0.2) is 5.69 Å². The summed E-state index contributed by atoms with van der Waals surface area (Å²) in [4.78, 5) is 22.0. The lowest BCUT2D eigenvalue weighted by atomic mass is 9.88. The third-order valence-corrected chi connectivity index (χ3v) is 6.13. The Morgan fingerprint density at radius 1 is 1.16 bits per heavy atom. The van der Waals surface area contributed by atoms with Crippen molar-refractivity contribution in [2.24, 2.45) is 5.92 Å². The highest BCUT2D eigenvalue weighted by molar-refractivity contribution is 6.04. The molecule has 162 valence electrons. The maximum absolute atomic E-state index is 13.0. The maximum Gasteiger partial charge on any atom is 0.278 e. The molecular weight excluding hydrogens is 402 g/mol. The molecule has 32 heavy (non-hydrogen) atoms. The van der Waals surface area contributed by atoms with Gasteiger partial charge in [-0.25, -0.2) is 4.98 Å². The van der Waals surface area contributed by atoms with Crippen LogP contribution in [0.2, 0.25) is 0 Å². The maximum atomic E-state index is 13.0. The molecule has 0 aliphatic heterocycles. The van der Waals surface area contributed by atoms with Crippen molar-refractivity contribution in [2.45, 2.75) is 33.1 Å². The van der Waals surface area contributed by atoms with Crippen molar-refractivity contribution < 1.29 is 9.32 Å². The van der Waals surface area contributed by atoms with Crippen molar-refractivity contribution in [3.8, 4) is 11.1 Å². The van der Waals surface area contributed by atoms with Crippen molar-refractivity contribution in [1.82, 2.24) is 15.1 Å². The molecule has 4 aromatic rings. The van der Waals surface area contributed by atoms with E-state index in [2.05, 4.69) is 38.7 Å². The number of aryl methyl sites for hydroxylation is 2. The first-order valence-corrected chi connectivity index (χ1v) is 10.8. The zero-order valence-corrected chi connectivity index (χ0v) is 18.4. The number of aromatic nitrogens is 3. The molecule has 0 spiro atoms. The number of amides is 1. The quantitative estimate of drug-likeness (QED) is 0.475. The number of fused-ring (bicyclic) bond motifs is 2. The Bertz CT molecular complexity index is 1330. The van der Waals surface area contributed by atoms with Crippen LogP contribution in [0.4, 0.5) is 11.5 Å². The number of nitrogens with one attached hydrogen (secondary N) is 2. The first-order chi connectivity index (χ1) is 15.5. The molecule has 3 aromatic heterocycles. The summed E-state index contributed by atoms with van der Waals surface area (Å²) in [5, 5.41) is 11.0. The molecule has 1 aliphatic carbocycles. The van der Waals surface area contributed by atoms with Crippen molar-refractivity contribution in [2.75, 3.05) is 17.7 Å². The van der Waals surface area contributed by atoms with E-state index in [-0.39, 0.29) is 5.91 Å². The predicted octanol–water partition coefficient (Wildman–Crippen LogP) is 5.01. The number of anilines is 2. The summed E-state index contributed by atoms with van der Waals surface area (Å²) in [6.45, 7) is 4.24. The van der Waals surface area contributed by atoms with Crippen LogP contribution in [-0.4, -0.2) is 28.1 Å². The Labute approximate surface area is 186 Å². The van der Waals surface area contributed by atoms with Gasteiger partial charge in [-0.05, 0) is 55.0 Å². The van der Waals surface area contributed by atoms with Gasteiger partial charge in [-0.3, -0.25) is 9.78 Å². The first kappa shape index (κ1) is 20.2. The van der Waals surface area contributed by atoms with E-state index in [4.69, 9.17) is 4.52 Å². The van der Waals surface area contributed by atoms with E-state index < -0.39 is 0 Å². The van der Waals surface area contributed by atoms with Crippen LogP contribution >= 0.6 is 0 Å². The Kier molecular flexibility index (Phi) is 5.09. The second-order valence-electron chi connectivity index (χ2n) is 8.50. The molecule has 1 aromatic carbocycles. The summed E-state index contributed by atoms with van der Waals surface area (Å²) in [6.07, 6.45) is 6.40. The zero-order chi connectivity index (χ0) is 22.2. The second-order valence-corrected chi connectivity index (χ2v) is 8.50. The first-order valence-electron chi connectivity index (χ1n) is 10.8. The van der Waals surface area contributed by atoms with E-state index in [1.54, 1.807) is 0 Å². The van der Waals surface area contributed by atoms with Crippen LogP contribution in [0, 0.1) is 12.8 Å². The number of carbonyl (C=O) groups excluding carboxylic acids is 1. The molecule has 7 nitrogen and oxygen atoms in total. The predicted molar refractivity (Wildman–Crippen MR) is 125 cm³/mol. The normalized spacial score (nSPS) is 15.4. The Balaban J connectivity index is 1.44. The van der Waals surface area contributed by atoms with Gasteiger partial charge in [0.25, 0.3) is 5.91 Å². The molecular formula is C25H25N5O2. The molecule has 1 unspecified atom stereocenters. The summed E-state index contributed by atoms with van der Waals surface area (Å²) in [5.41, 5.74) is 5.99. The minimum absolute atomic E-state index is 0.237. The van der Waals surface area contributed by atoms with Gasteiger partial charge in [-0.15, -0.1) is 0 Å². The van der Waals surface area contributed by atoms with Crippen molar-refractivity contribution >= 4 is 28.3 Å². The number of nitrogens with zero attached hydrogens (tertiary/aromatic N) is 3. The Morgan fingerprint density at radius 2 is 2.03 bits per heavy atom. The van der Waals surface area contributed by atoms with Crippen molar-refractivity contribution in [3.05, 3.63) is 65.3 Å². The van der Waals surface area contributed by atoms with Crippen LogP contribution in [0.5, 0.6) is 0 Å². The molecule has 0 fully saturated rings. The summed E-state index contributed by atoms with van der Waals surface area (Å²) < 4.78 is 5.43. The molecule has 0 bridgehead atoms. The van der Waals surface area contributed by atoms with Gasteiger partial charge in [-0.1, -0.05) is 18.1 Å². The van der Waals surface area contributed by atoms with Gasteiger partial charge in [0.1, 0.15) is 11.6 Å². The van der Waals surface area contributed by atoms with Gasteiger partial charge < -0.3 is 15.2 Å². The minimum Gasteiger partial charge on any atom is -0.373 e. The van der Waals surface area contributed by atoms with Gasteiger partial charge in [-0.2, -0.15) is 0 Å². The number of pyridine rings is 2. The van der Waals surface area contributed by atoms with E-state index in [0.29, 0.717) is 17.3 Å². The molecule has 5 rings (SSSR count). The van der Waals surface area contributed by atoms with Gasteiger partial charge in [0, 0.05) is 54.1 Å².